The summed E-state index contributed by atoms with van der Waals surface area (Å²) in [7, 11) is 1.27. The van der Waals surface area contributed by atoms with E-state index in [4.69, 9.17) is 22.1 Å². The maximum Gasteiger partial charge on any atom is 0.343 e. The first-order valence-corrected chi connectivity index (χ1v) is 6.78. The van der Waals surface area contributed by atoms with Crippen LogP contribution in [0.4, 0.5) is 5.69 Å². The molecular formula is C14H20Cl2N2O4. The number of rotatable bonds is 6. The van der Waals surface area contributed by atoms with Crippen LogP contribution in [0.25, 0.3) is 0 Å². The van der Waals surface area contributed by atoms with Crippen LogP contribution >= 0.6 is 24.0 Å². The molecule has 124 valence electrons. The van der Waals surface area contributed by atoms with Crippen LogP contribution in [0.2, 0.25) is 5.02 Å². The van der Waals surface area contributed by atoms with Crippen LogP contribution in [-0.2, 0) is 14.3 Å². The van der Waals surface area contributed by atoms with Crippen molar-refractivity contribution in [2.24, 2.45) is 11.7 Å². The first-order chi connectivity index (χ1) is 9.85. The summed E-state index contributed by atoms with van der Waals surface area (Å²) in [4.78, 5) is 22.8. The van der Waals surface area contributed by atoms with Gasteiger partial charge in [-0.2, -0.15) is 0 Å². The van der Waals surface area contributed by atoms with E-state index in [1.54, 1.807) is 12.1 Å². The molecule has 1 rings (SSSR count). The molecule has 0 unspecified atom stereocenters. The van der Waals surface area contributed by atoms with Crippen molar-refractivity contribution in [2.45, 2.75) is 19.9 Å². The van der Waals surface area contributed by atoms with Gasteiger partial charge in [0.25, 0.3) is 0 Å². The number of esters is 1. The van der Waals surface area contributed by atoms with E-state index in [0.717, 1.165) is 0 Å². The standard InChI is InChI=1S/C14H19ClN2O4.ClH/c1-8(2)13(16)14(19)17-9-4-5-11(10(15)6-9)21-7-12(18)20-3;/h4-6,8,13H,7,16H2,1-3H3,(H,17,19);1H/t13-;/m0./s1. The number of nitrogens with two attached hydrogens (primary N) is 1. The van der Waals surface area contributed by atoms with Crippen LogP contribution in [0.15, 0.2) is 18.2 Å². The van der Waals surface area contributed by atoms with Crippen molar-refractivity contribution < 1.29 is 19.1 Å². The molecule has 0 saturated heterocycles. The SMILES string of the molecule is COC(=O)COc1ccc(NC(=O)[C@@H](N)C(C)C)cc1Cl.Cl. The van der Waals surface area contributed by atoms with E-state index in [0.29, 0.717) is 11.4 Å². The number of amides is 1. The quantitative estimate of drug-likeness (QED) is 0.767. The van der Waals surface area contributed by atoms with Crippen LogP contribution in [0.1, 0.15) is 13.8 Å². The Kier molecular flexibility index (Phi) is 8.86. The van der Waals surface area contributed by atoms with Gasteiger partial charge in [0, 0.05) is 5.69 Å². The van der Waals surface area contributed by atoms with Gasteiger partial charge in [-0.05, 0) is 24.1 Å². The highest BCUT2D eigenvalue weighted by atomic mass is 35.5. The summed E-state index contributed by atoms with van der Waals surface area (Å²) in [6.45, 7) is 3.49. The second kappa shape index (κ2) is 9.50. The van der Waals surface area contributed by atoms with Gasteiger partial charge in [0.05, 0.1) is 18.2 Å². The smallest absolute Gasteiger partial charge is 0.343 e. The van der Waals surface area contributed by atoms with E-state index in [9.17, 15) is 9.59 Å². The maximum atomic E-state index is 11.8. The Morgan fingerprint density at radius 1 is 1.36 bits per heavy atom. The largest absolute Gasteiger partial charge is 0.480 e. The lowest BCUT2D eigenvalue weighted by atomic mass is 10.0. The summed E-state index contributed by atoms with van der Waals surface area (Å²) in [6.07, 6.45) is 0. The molecule has 8 heteroatoms. The zero-order valence-electron chi connectivity index (χ0n) is 12.6. The second-order valence-electron chi connectivity index (χ2n) is 4.77. The molecule has 0 spiro atoms. The van der Waals surface area contributed by atoms with Gasteiger partial charge in [-0.25, -0.2) is 4.79 Å². The number of benzene rings is 1. The van der Waals surface area contributed by atoms with Crippen molar-refractivity contribution >= 4 is 41.6 Å². The lowest BCUT2D eigenvalue weighted by Crippen LogP contribution is -2.39. The molecule has 3 N–H and O–H groups in total. The van der Waals surface area contributed by atoms with Gasteiger partial charge in [-0.1, -0.05) is 25.4 Å². The number of ether oxygens (including phenoxy) is 2. The molecule has 0 bridgehead atoms. The van der Waals surface area contributed by atoms with E-state index in [-0.39, 0.29) is 35.9 Å². The fraction of sp³-hybridized carbons (Fsp3) is 0.429. The molecule has 0 saturated carbocycles. The molecular weight excluding hydrogens is 331 g/mol. The summed E-state index contributed by atoms with van der Waals surface area (Å²) in [5.41, 5.74) is 6.26. The third-order valence-corrected chi connectivity index (χ3v) is 3.09. The van der Waals surface area contributed by atoms with E-state index < -0.39 is 12.0 Å². The molecule has 0 aromatic heterocycles. The van der Waals surface area contributed by atoms with Crippen LogP contribution < -0.4 is 15.8 Å². The third kappa shape index (κ3) is 6.09. The minimum atomic E-state index is -0.598. The first-order valence-electron chi connectivity index (χ1n) is 6.40. The van der Waals surface area contributed by atoms with Crippen LogP contribution in [0.5, 0.6) is 5.75 Å². The molecule has 0 aliphatic rings. The average molecular weight is 351 g/mol. The predicted octanol–water partition coefficient (Wildman–Crippen LogP) is 2.24. The summed E-state index contributed by atoms with van der Waals surface area (Å²) >= 11 is 6.02. The van der Waals surface area contributed by atoms with Gasteiger partial charge in [0.1, 0.15) is 5.75 Å². The molecule has 0 fully saturated rings. The Morgan fingerprint density at radius 3 is 2.50 bits per heavy atom. The topological polar surface area (TPSA) is 90.6 Å². The molecule has 1 atom stereocenters. The van der Waals surface area contributed by atoms with Gasteiger partial charge in [-0.15, -0.1) is 12.4 Å². The zero-order chi connectivity index (χ0) is 16.0. The highest BCUT2D eigenvalue weighted by molar-refractivity contribution is 6.32. The maximum absolute atomic E-state index is 11.8. The molecule has 0 aliphatic carbocycles. The predicted molar refractivity (Wildman–Crippen MR) is 87.7 cm³/mol. The van der Waals surface area contributed by atoms with Crippen molar-refractivity contribution in [3.8, 4) is 5.75 Å². The molecule has 1 aromatic rings. The van der Waals surface area contributed by atoms with Gasteiger partial charge >= 0.3 is 5.97 Å². The highest BCUT2D eigenvalue weighted by Gasteiger charge is 2.17. The molecule has 1 aromatic carbocycles. The number of hydrogen-bond acceptors (Lipinski definition) is 5. The lowest BCUT2D eigenvalue weighted by molar-refractivity contribution is -0.142. The minimum Gasteiger partial charge on any atom is -0.480 e. The molecule has 0 heterocycles. The second-order valence-corrected chi connectivity index (χ2v) is 5.18. The minimum absolute atomic E-state index is 0. The Balaban J connectivity index is 0.00000441. The molecule has 0 aliphatic heterocycles. The van der Waals surface area contributed by atoms with E-state index in [1.165, 1.54) is 13.2 Å². The molecule has 6 nitrogen and oxygen atoms in total. The molecule has 0 radical (unpaired) electrons. The van der Waals surface area contributed by atoms with Crippen LogP contribution in [0, 0.1) is 5.92 Å². The van der Waals surface area contributed by atoms with Crippen molar-refractivity contribution in [3.63, 3.8) is 0 Å². The highest BCUT2D eigenvalue weighted by Crippen LogP contribution is 2.27. The van der Waals surface area contributed by atoms with Crippen LogP contribution in [0.3, 0.4) is 0 Å². The van der Waals surface area contributed by atoms with Crippen molar-refractivity contribution in [2.75, 3.05) is 19.0 Å². The summed E-state index contributed by atoms with van der Waals surface area (Å²) in [5.74, 6) is -0.438. The van der Waals surface area contributed by atoms with Crippen LogP contribution in [-0.4, -0.2) is 31.6 Å². The van der Waals surface area contributed by atoms with Crippen molar-refractivity contribution in [1.82, 2.24) is 0 Å². The number of hydrogen-bond donors (Lipinski definition) is 2. The number of halogens is 2. The fourth-order valence-corrected chi connectivity index (χ4v) is 1.65. The number of carbonyl (C=O) groups excluding carboxylic acids is 2. The normalized spacial score (nSPS) is 11.4. The van der Waals surface area contributed by atoms with Gasteiger partial charge in [-0.3, -0.25) is 4.79 Å². The Morgan fingerprint density at radius 2 is 2.00 bits per heavy atom. The number of carbonyl (C=O) groups is 2. The zero-order valence-corrected chi connectivity index (χ0v) is 14.2. The third-order valence-electron chi connectivity index (χ3n) is 2.79. The molecule has 22 heavy (non-hydrogen) atoms. The van der Waals surface area contributed by atoms with Gasteiger partial charge in [0.15, 0.2) is 6.61 Å². The number of anilines is 1. The van der Waals surface area contributed by atoms with E-state index >= 15 is 0 Å². The average Bonchev–Trinajstić information content (AvgIpc) is 2.44. The van der Waals surface area contributed by atoms with E-state index in [2.05, 4.69) is 10.1 Å². The summed E-state index contributed by atoms with van der Waals surface area (Å²) in [5, 5.41) is 2.94. The van der Waals surface area contributed by atoms with Gasteiger partial charge < -0.3 is 20.5 Å². The van der Waals surface area contributed by atoms with Crippen molar-refractivity contribution in [3.05, 3.63) is 23.2 Å². The first kappa shape index (κ1) is 20.5. The Bertz CT molecular complexity index is 524. The Hall–Kier alpha value is -1.50. The fourth-order valence-electron chi connectivity index (χ4n) is 1.42. The monoisotopic (exact) mass is 350 g/mol. The number of nitrogens with one attached hydrogen (secondary N) is 1. The summed E-state index contributed by atoms with van der Waals surface area (Å²) in [6, 6.07) is 4.10. The molecule has 1 amide bonds. The lowest BCUT2D eigenvalue weighted by Gasteiger charge is -2.16. The van der Waals surface area contributed by atoms with Gasteiger partial charge in [0.2, 0.25) is 5.91 Å². The Labute approximate surface area is 140 Å². The number of methoxy groups -OCH3 is 1. The van der Waals surface area contributed by atoms with Crippen molar-refractivity contribution in [1.29, 1.82) is 0 Å². The summed E-state index contributed by atoms with van der Waals surface area (Å²) < 4.78 is 9.65. The van der Waals surface area contributed by atoms with E-state index in [1.807, 2.05) is 13.8 Å².